The summed E-state index contributed by atoms with van der Waals surface area (Å²) in [5, 5.41) is 0. The third-order valence-electron chi connectivity index (χ3n) is 3.60. The van der Waals surface area contributed by atoms with Gasteiger partial charge in [0.25, 0.3) is 0 Å². The third-order valence-corrected chi connectivity index (χ3v) is 3.60. The van der Waals surface area contributed by atoms with Crippen molar-refractivity contribution in [2.75, 3.05) is 0 Å². The molecule has 0 aliphatic heterocycles. The molecule has 98 valence electrons. The van der Waals surface area contributed by atoms with Crippen LogP contribution in [0.25, 0.3) is 0 Å². The molecule has 0 bridgehead atoms. The Labute approximate surface area is 108 Å². The van der Waals surface area contributed by atoms with Crippen LogP contribution in [0.15, 0.2) is 30.3 Å². The van der Waals surface area contributed by atoms with E-state index in [9.17, 15) is 4.79 Å². The lowest BCUT2D eigenvalue weighted by atomic mass is 9.96. The van der Waals surface area contributed by atoms with Crippen molar-refractivity contribution in [1.82, 2.24) is 0 Å². The summed E-state index contributed by atoms with van der Waals surface area (Å²) in [5.74, 6) is -0.246. The molecule has 0 unspecified atom stereocenters. The number of carbonyl (C=O) groups excluding carboxylic acids is 1. The molecule has 3 heteroatoms. The number of esters is 1. The highest BCUT2D eigenvalue weighted by Gasteiger charge is 2.28. The van der Waals surface area contributed by atoms with Crippen LogP contribution in [0.1, 0.15) is 37.7 Å². The number of ether oxygens (including phenoxy) is 1. The Morgan fingerprint density at radius 2 is 1.89 bits per heavy atom. The van der Waals surface area contributed by atoms with Crippen LogP contribution in [-0.4, -0.2) is 12.0 Å². The smallest absolute Gasteiger partial charge is 0.310 e. The summed E-state index contributed by atoms with van der Waals surface area (Å²) in [6.45, 7) is 0.350. The van der Waals surface area contributed by atoms with Gasteiger partial charge in [-0.25, -0.2) is 0 Å². The van der Waals surface area contributed by atoms with Crippen LogP contribution >= 0.6 is 0 Å². The molecule has 0 saturated heterocycles. The summed E-state index contributed by atoms with van der Waals surface area (Å²) in [7, 11) is 0. The zero-order valence-electron chi connectivity index (χ0n) is 10.7. The zero-order chi connectivity index (χ0) is 12.8. The average molecular weight is 247 g/mol. The van der Waals surface area contributed by atoms with Gasteiger partial charge in [-0.05, 0) is 18.4 Å². The topological polar surface area (TPSA) is 52.3 Å². The third kappa shape index (κ3) is 3.57. The summed E-state index contributed by atoms with van der Waals surface area (Å²) in [6, 6.07) is 9.73. The second kappa shape index (κ2) is 6.55. The lowest BCUT2D eigenvalue weighted by molar-refractivity contribution is -0.150. The molecule has 2 rings (SSSR count). The van der Waals surface area contributed by atoms with Crippen LogP contribution in [0.4, 0.5) is 0 Å². The molecular formula is C15H21NO2. The molecule has 18 heavy (non-hydrogen) atoms. The minimum absolute atomic E-state index is 0.0317. The number of carbonyl (C=O) groups is 1. The van der Waals surface area contributed by atoms with Gasteiger partial charge in [-0.1, -0.05) is 49.6 Å². The number of hydrogen-bond donors (Lipinski definition) is 1. The number of nitrogens with two attached hydrogens (primary N) is 1. The molecule has 1 saturated carbocycles. The number of hydrogen-bond acceptors (Lipinski definition) is 3. The quantitative estimate of drug-likeness (QED) is 0.660. The Bertz CT molecular complexity index is 377. The van der Waals surface area contributed by atoms with Gasteiger partial charge >= 0.3 is 5.97 Å². The molecule has 0 heterocycles. The maximum Gasteiger partial charge on any atom is 0.310 e. The van der Waals surface area contributed by atoms with Gasteiger partial charge in [0.05, 0.1) is 5.92 Å². The highest BCUT2D eigenvalue weighted by molar-refractivity contribution is 5.73. The van der Waals surface area contributed by atoms with Crippen LogP contribution in [0, 0.1) is 5.92 Å². The summed E-state index contributed by atoms with van der Waals surface area (Å²) in [4.78, 5) is 12.0. The van der Waals surface area contributed by atoms with Gasteiger partial charge in [-0.3, -0.25) is 4.79 Å². The molecule has 1 aromatic rings. The second-order valence-electron chi connectivity index (χ2n) is 5.00. The van der Waals surface area contributed by atoms with Gasteiger partial charge in [-0.15, -0.1) is 0 Å². The molecule has 1 fully saturated rings. The second-order valence-corrected chi connectivity index (χ2v) is 5.00. The van der Waals surface area contributed by atoms with Crippen LogP contribution in [0.2, 0.25) is 0 Å². The average Bonchev–Trinajstić information content (AvgIpc) is 2.62. The van der Waals surface area contributed by atoms with E-state index < -0.39 is 0 Å². The van der Waals surface area contributed by atoms with E-state index >= 15 is 0 Å². The van der Waals surface area contributed by atoms with Crippen molar-refractivity contribution in [3.05, 3.63) is 35.9 Å². The molecule has 0 amide bonds. The summed E-state index contributed by atoms with van der Waals surface area (Å²) in [6.07, 6.45) is 5.19. The first kappa shape index (κ1) is 13.1. The normalized spacial score (nSPS) is 24.3. The molecule has 0 radical (unpaired) electrons. The fourth-order valence-electron chi connectivity index (χ4n) is 2.46. The van der Waals surface area contributed by atoms with E-state index in [2.05, 4.69) is 0 Å². The fraction of sp³-hybridized carbons (Fsp3) is 0.533. The highest BCUT2D eigenvalue weighted by Crippen LogP contribution is 2.23. The first-order valence-corrected chi connectivity index (χ1v) is 6.73. The van der Waals surface area contributed by atoms with Crippen molar-refractivity contribution in [2.24, 2.45) is 11.7 Å². The van der Waals surface area contributed by atoms with Crippen molar-refractivity contribution in [3.63, 3.8) is 0 Å². The highest BCUT2D eigenvalue weighted by atomic mass is 16.5. The lowest BCUT2D eigenvalue weighted by Gasteiger charge is -2.19. The Balaban J connectivity index is 1.87. The Morgan fingerprint density at radius 3 is 2.67 bits per heavy atom. The van der Waals surface area contributed by atoms with Crippen molar-refractivity contribution in [3.8, 4) is 0 Å². The molecule has 3 nitrogen and oxygen atoms in total. The van der Waals surface area contributed by atoms with Crippen LogP contribution in [-0.2, 0) is 16.1 Å². The van der Waals surface area contributed by atoms with Gasteiger partial charge < -0.3 is 10.5 Å². The zero-order valence-corrected chi connectivity index (χ0v) is 10.7. The maximum absolute atomic E-state index is 12.0. The molecule has 2 atom stereocenters. The van der Waals surface area contributed by atoms with Crippen molar-refractivity contribution < 1.29 is 9.53 Å². The van der Waals surface area contributed by atoms with E-state index in [-0.39, 0.29) is 17.9 Å². The fourth-order valence-corrected chi connectivity index (χ4v) is 2.46. The van der Waals surface area contributed by atoms with E-state index in [1.807, 2.05) is 30.3 Å². The Morgan fingerprint density at radius 1 is 1.17 bits per heavy atom. The Kier molecular flexibility index (Phi) is 4.76. The SMILES string of the molecule is N[C@@H]1CCCCC[C@@H]1C(=O)OCc1ccccc1. The first-order chi connectivity index (χ1) is 8.77. The first-order valence-electron chi connectivity index (χ1n) is 6.73. The molecule has 0 spiro atoms. The Hall–Kier alpha value is -1.35. The lowest BCUT2D eigenvalue weighted by Crippen LogP contribution is -2.35. The van der Waals surface area contributed by atoms with Gasteiger partial charge in [0, 0.05) is 6.04 Å². The van der Waals surface area contributed by atoms with Crippen LogP contribution in [0.3, 0.4) is 0 Å². The standard InChI is InChI=1S/C15H21NO2/c16-14-10-6-2-5-9-13(14)15(17)18-11-12-7-3-1-4-8-12/h1,3-4,7-8,13-14H,2,5-6,9-11,16H2/t13-,14+/m0/s1. The molecular weight excluding hydrogens is 226 g/mol. The summed E-state index contributed by atoms with van der Waals surface area (Å²) < 4.78 is 5.37. The number of rotatable bonds is 3. The molecule has 0 aromatic heterocycles. The van der Waals surface area contributed by atoms with Gasteiger partial charge in [-0.2, -0.15) is 0 Å². The van der Waals surface area contributed by atoms with E-state index in [4.69, 9.17) is 10.5 Å². The largest absolute Gasteiger partial charge is 0.461 e. The number of benzene rings is 1. The van der Waals surface area contributed by atoms with E-state index in [0.29, 0.717) is 6.61 Å². The summed E-state index contributed by atoms with van der Waals surface area (Å²) in [5.41, 5.74) is 7.07. The van der Waals surface area contributed by atoms with Crippen LogP contribution in [0.5, 0.6) is 0 Å². The van der Waals surface area contributed by atoms with E-state index in [1.165, 1.54) is 6.42 Å². The monoisotopic (exact) mass is 247 g/mol. The van der Waals surface area contributed by atoms with Crippen LogP contribution < -0.4 is 5.73 Å². The molecule has 2 N–H and O–H groups in total. The molecule has 1 aliphatic rings. The van der Waals surface area contributed by atoms with Crippen molar-refractivity contribution in [1.29, 1.82) is 0 Å². The van der Waals surface area contributed by atoms with E-state index in [1.54, 1.807) is 0 Å². The van der Waals surface area contributed by atoms with Crippen molar-refractivity contribution >= 4 is 5.97 Å². The minimum atomic E-state index is -0.131. The summed E-state index contributed by atoms with van der Waals surface area (Å²) >= 11 is 0. The minimum Gasteiger partial charge on any atom is -0.461 e. The van der Waals surface area contributed by atoms with Crippen molar-refractivity contribution in [2.45, 2.75) is 44.8 Å². The van der Waals surface area contributed by atoms with Gasteiger partial charge in [0.1, 0.15) is 6.61 Å². The van der Waals surface area contributed by atoms with Gasteiger partial charge in [0.15, 0.2) is 0 Å². The molecule has 1 aromatic carbocycles. The predicted octanol–water partition coefficient (Wildman–Crippen LogP) is 2.64. The van der Waals surface area contributed by atoms with Gasteiger partial charge in [0.2, 0.25) is 0 Å². The predicted molar refractivity (Wildman–Crippen MR) is 70.8 cm³/mol. The molecule has 1 aliphatic carbocycles. The maximum atomic E-state index is 12.0. The van der Waals surface area contributed by atoms with E-state index in [0.717, 1.165) is 31.2 Å².